The first-order valence-electron chi connectivity index (χ1n) is 11.3. The third-order valence-electron chi connectivity index (χ3n) is 5.91. The van der Waals surface area contributed by atoms with E-state index in [-0.39, 0.29) is 0 Å². The lowest BCUT2D eigenvalue weighted by atomic mass is 9.80. The van der Waals surface area contributed by atoms with Crippen molar-refractivity contribution in [2.75, 3.05) is 27.4 Å². The number of rotatable bonds is 12. The minimum Gasteiger partial charge on any atom is -0.497 e. The van der Waals surface area contributed by atoms with Crippen LogP contribution in [-0.4, -0.2) is 27.4 Å². The summed E-state index contributed by atoms with van der Waals surface area (Å²) in [5, 5.41) is 0. The number of ether oxygens (including phenoxy) is 3. The van der Waals surface area contributed by atoms with Crippen LogP contribution in [0.3, 0.4) is 0 Å². The first-order chi connectivity index (χ1) is 15.6. The molecule has 4 nitrogen and oxygen atoms in total. The van der Waals surface area contributed by atoms with Crippen LogP contribution in [-0.2, 0) is 10.3 Å². The van der Waals surface area contributed by atoms with Crippen LogP contribution in [0.1, 0.15) is 42.9 Å². The van der Waals surface area contributed by atoms with Gasteiger partial charge in [0.15, 0.2) is 0 Å². The fraction of sp³-hybridized carbons (Fsp3) is 0.357. The molecule has 32 heavy (non-hydrogen) atoms. The summed E-state index contributed by atoms with van der Waals surface area (Å²) in [6, 6.07) is 26.8. The molecule has 0 aliphatic carbocycles. The molecule has 0 aliphatic heterocycles. The number of benzene rings is 3. The zero-order chi connectivity index (χ0) is 22.8. The smallest absolute Gasteiger partial charge is 0.143 e. The van der Waals surface area contributed by atoms with Crippen LogP contribution in [0.5, 0.6) is 11.5 Å². The molecular weight excluding hydrogens is 398 g/mol. The second-order valence-electron chi connectivity index (χ2n) is 8.20. The summed E-state index contributed by atoms with van der Waals surface area (Å²) in [6.45, 7) is 3.62. The van der Waals surface area contributed by atoms with Crippen LogP contribution in [0.15, 0.2) is 78.9 Å². The molecule has 3 aromatic carbocycles. The van der Waals surface area contributed by atoms with Crippen molar-refractivity contribution in [2.45, 2.75) is 31.8 Å². The first kappa shape index (κ1) is 23.8. The van der Waals surface area contributed by atoms with E-state index in [9.17, 15) is 0 Å². The second-order valence-corrected chi connectivity index (χ2v) is 8.20. The zero-order valence-corrected chi connectivity index (χ0v) is 19.4. The van der Waals surface area contributed by atoms with E-state index in [2.05, 4.69) is 55.5 Å². The molecule has 0 heterocycles. The standard InChI is InChI=1S/C28H35NO3/c1-22(9-7-8-20-29)21-32-28(23-10-5-4-6-11-23,24-12-16-26(30-2)17-13-24)25-14-18-27(31-3)19-15-25/h4-6,10-19,22H,7-9,20-21,29H2,1-3H3. The van der Waals surface area contributed by atoms with Gasteiger partial charge in [-0.2, -0.15) is 0 Å². The van der Waals surface area contributed by atoms with Crippen LogP contribution in [0.2, 0.25) is 0 Å². The van der Waals surface area contributed by atoms with Crippen molar-refractivity contribution in [3.8, 4) is 11.5 Å². The number of methoxy groups -OCH3 is 2. The second kappa shape index (κ2) is 11.7. The summed E-state index contributed by atoms with van der Waals surface area (Å²) in [7, 11) is 3.37. The molecule has 0 saturated heterocycles. The van der Waals surface area contributed by atoms with Gasteiger partial charge in [0.1, 0.15) is 17.1 Å². The van der Waals surface area contributed by atoms with E-state index in [4.69, 9.17) is 19.9 Å². The van der Waals surface area contributed by atoms with Crippen molar-refractivity contribution in [3.63, 3.8) is 0 Å². The minimum absolute atomic E-state index is 0.418. The van der Waals surface area contributed by atoms with Gasteiger partial charge in [-0.1, -0.05) is 67.9 Å². The Labute approximate surface area is 192 Å². The van der Waals surface area contributed by atoms with Gasteiger partial charge in [0, 0.05) is 0 Å². The topological polar surface area (TPSA) is 53.7 Å². The van der Waals surface area contributed by atoms with E-state index in [1.54, 1.807) is 14.2 Å². The van der Waals surface area contributed by atoms with E-state index < -0.39 is 5.60 Å². The van der Waals surface area contributed by atoms with Gasteiger partial charge < -0.3 is 19.9 Å². The molecule has 0 saturated carbocycles. The van der Waals surface area contributed by atoms with Gasteiger partial charge in [0.25, 0.3) is 0 Å². The maximum atomic E-state index is 6.91. The van der Waals surface area contributed by atoms with Crippen LogP contribution in [0.4, 0.5) is 0 Å². The van der Waals surface area contributed by atoms with Crippen molar-refractivity contribution < 1.29 is 14.2 Å². The minimum atomic E-state index is -0.748. The van der Waals surface area contributed by atoms with E-state index >= 15 is 0 Å². The third-order valence-corrected chi connectivity index (χ3v) is 5.91. The average Bonchev–Trinajstić information content (AvgIpc) is 2.86. The van der Waals surface area contributed by atoms with Crippen molar-refractivity contribution in [3.05, 3.63) is 95.6 Å². The highest BCUT2D eigenvalue weighted by Crippen LogP contribution is 2.42. The molecule has 1 atom stereocenters. The maximum absolute atomic E-state index is 6.91. The lowest BCUT2D eigenvalue weighted by Gasteiger charge is -2.37. The fourth-order valence-corrected chi connectivity index (χ4v) is 4.06. The molecule has 0 bridgehead atoms. The maximum Gasteiger partial charge on any atom is 0.143 e. The summed E-state index contributed by atoms with van der Waals surface area (Å²) >= 11 is 0. The monoisotopic (exact) mass is 433 g/mol. The fourth-order valence-electron chi connectivity index (χ4n) is 4.06. The Hall–Kier alpha value is -2.82. The number of nitrogens with two attached hydrogens (primary N) is 1. The number of hydrogen-bond donors (Lipinski definition) is 1. The molecule has 0 amide bonds. The van der Waals surface area contributed by atoms with E-state index in [0.717, 1.165) is 54.0 Å². The third kappa shape index (κ3) is 5.50. The van der Waals surface area contributed by atoms with Crippen LogP contribution >= 0.6 is 0 Å². The van der Waals surface area contributed by atoms with Gasteiger partial charge in [-0.15, -0.1) is 0 Å². The van der Waals surface area contributed by atoms with E-state index in [1.165, 1.54) is 0 Å². The Kier molecular flexibility index (Phi) is 8.72. The molecule has 1 unspecified atom stereocenters. The van der Waals surface area contributed by atoms with Crippen molar-refractivity contribution >= 4 is 0 Å². The number of unbranched alkanes of at least 4 members (excludes halogenated alkanes) is 1. The van der Waals surface area contributed by atoms with Crippen molar-refractivity contribution in [1.82, 2.24) is 0 Å². The molecule has 0 aromatic heterocycles. The Morgan fingerprint density at radius 2 is 1.22 bits per heavy atom. The Bertz CT molecular complexity index is 876. The molecule has 170 valence electrons. The molecule has 0 fully saturated rings. The molecule has 0 radical (unpaired) electrons. The Morgan fingerprint density at radius 1 is 0.719 bits per heavy atom. The summed E-state index contributed by atoms with van der Waals surface area (Å²) in [6.07, 6.45) is 3.25. The highest BCUT2D eigenvalue weighted by molar-refractivity contribution is 5.49. The summed E-state index contributed by atoms with van der Waals surface area (Å²) in [5.41, 5.74) is 8.14. The van der Waals surface area contributed by atoms with Crippen LogP contribution in [0.25, 0.3) is 0 Å². The molecular formula is C28H35NO3. The predicted octanol–water partition coefficient (Wildman–Crippen LogP) is 5.78. The Morgan fingerprint density at radius 3 is 1.69 bits per heavy atom. The average molecular weight is 434 g/mol. The van der Waals surface area contributed by atoms with Crippen molar-refractivity contribution in [1.29, 1.82) is 0 Å². The van der Waals surface area contributed by atoms with Gasteiger partial charge in [-0.3, -0.25) is 0 Å². The first-order valence-corrected chi connectivity index (χ1v) is 11.3. The summed E-state index contributed by atoms with van der Waals surface area (Å²) in [5.74, 6) is 2.06. The molecule has 3 aromatic rings. The SMILES string of the molecule is COc1ccc(C(OCC(C)CCCCN)(c2ccccc2)c2ccc(OC)cc2)cc1. The highest BCUT2D eigenvalue weighted by Gasteiger charge is 2.38. The lowest BCUT2D eigenvalue weighted by Crippen LogP contribution is -2.34. The quantitative estimate of drug-likeness (QED) is 0.291. The van der Waals surface area contributed by atoms with Crippen LogP contribution < -0.4 is 15.2 Å². The molecule has 3 rings (SSSR count). The molecule has 0 aliphatic rings. The van der Waals surface area contributed by atoms with Crippen molar-refractivity contribution in [2.24, 2.45) is 11.7 Å². The van der Waals surface area contributed by atoms with Gasteiger partial charge in [-0.05, 0) is 66.3 Å². The van der Waals surface area contributed by atoms with Gasteiger partial charge >= 0.3 is 0 Å². The van der Waals surface area contributed by atoms with Gasteiger partial charge in [0.05, 0.1) is 20.8 Å². The predicted molar refractivity (Wildman–Crippen MR) is 130 cm³/mol. The normalized spacial score (nSPS) is 12.4. The van der Waals surface area contributed by atoms with Gasteiger partial charge in [0.2, 0.25) is 0 Å². The Balaban J connectivity index is 2.08. The number of hydrogen-bond acceptors (Lipinski definition) is 4. The van der Waals surface area contributed by atoms with E-state index in [1.807, 2.05) is 30.3 Å². The zero-order valence-electron chi connectivity index (χ0n) is 19.4. The van der Waals surface area contributed by atoms with Crippen LogP contribution in [0, 0.1) is 5.92 Å². The summed E-state index contributed by atoms with van der Waals surface area (Å²) < 4.78 is 17.7. The molecule has 2 N–H and O–H groups in total. The van der Waals surface area contributed by atoms with Gasteiger partial charge in [-0.25, -0.2) is 0 Å². The highest BCUT2D eigenvalue weighted by atomic mass is 16.5. The largest absolute Gasteiger partial charge is 0.497 e. The molecule has 4 heteroatoms. The van der Waals surface area contributed by atoms with E-state index in [0.29, 0.717) is 12.5 Å². The lowest BCUT2D eigenvalue weighted by molar-refractivity contribution is -0.00690. The molecule has 0 spiro atoms. The summed E-state index contributed by atoms with van der Waals surface area (Å²) in [4.78, 5) is 0.